The topological polar surface area (TPSA) is 67.4 Å². The van der Waals surface area contributed by atoms with Crippen molar-refractivity contribution in [3.8, 4) is 5.75 Å². The maximum absolute atomic E-state index is 12.1. The summed E-state index contributed by atoms with van der Waals surface area (Å²) in [6.07, 6.45) is 0. The summed E-state index contributed by atoms with van der Waals surface area (Å²) in [6, 6.07) is 10.6. The molecule has 0 heterocycles. The van der Waals surface area contributed by atoms with E-state index in [0.29, 0.717) is 16.3 Å². The van der Waals surface area contributed by atoms with Gasteiger partial charge in [-0.1, -0.05) is 29.3 Å². The first-order valence-electron chi connectivity index (χ1n) is 7.42. The van der Waals surface area contributed by atoms with E-state index in [0.717, 1.165) is 16.7 Å². The number of ether oxygens (including phenoxy) is 1. The maximum Gasteiger partial charge on any atom is 0.276 e. The van der Waals surface area contributed by atoms with Crippen LogP contribution in [0.15, 0.2) is 36.4 Å². The lowest BCUT2D eigenvalue weighted by molar-refractivity contribution is -0.123. The molecule has 0 saturated carbocycles. The summed E-state index contributed by atoms with van der Waals surface area (Å²) in [5.41, 5.74) is 7.96. The van der Waals surface area contributed by atoms with E-state index in [1.165, 1.54) is 0 Å². The van der Waals surface area contributed by atoms with Gasteiger partial charge in [-0.15, -0.1) is 0 Å². The number of amides is 2. The van der Waals surface area contributed by atoms with Crippen molar-refractivity contribution in [1.82, 2.24) is 10.9 Å². The molecular formula is C18H19ClN2O3. The van der Waals surface area contributed by atoms with Crippen LogP contribution in [0, 0.1) is 20.8 Å². The summed E-state index contributed by atoms with van der Waals surface area (Å²) < 4.78 is 5.41. The molecule has 0 aliphatic rings. The molecule has 2 aromatic carbocycles. The van der Waals surface area contributed by atoms with E-state index in [1.807, 2.05) is 32.9 Å². The number of benzene rings is 2. The molecule has 2 aromatic rings. The zero-order valence-corrected chi connectivity index (χ0v) is 14.5. The van der Waals surface area contributed by atoms with Gasteiger partial charge in [0.15, 0.2) is 6.61 Å². The first-order chi connectivity index (χ1) is 11.4. The van der Waals surface area contributed by atoms with Crippen molar-refractivity contribution in [2.45, 2.75) is 20.8 Å². The maximum atomic E-state index is 12.1. The molecule has 2 rings (SSSR count). The second-order valence-corrected chi connectivity index (χ2v) is 5.96. The van der Waals surface area contributed by atoms with Crippen LogP contribution in [0.25, 0.3) is 0 Å². The van der Waals surface area contributed by atoms with Gasteiger partial charge in [0.2, 0.25) is 0 Å². The molecule has 5 nitrogen and oxygen atoms in total. The number of aryl methyl sites for hydroxylation is 3. The van der Waals surface area contributed by atoms with E-state index >= 15 is 0 Å². The largest absolute Gasteiger partial charge is 0.483 e. The molecule has 0 atom stereocenters. The number of hydrogen-bond donors (Lipinski definition) is 2. The summed E-state index contributed by atoms with van der Waals surface area (Å²) >= 11 is 5.86. The van der Waals surface area contributed by atoms with Crippen molar-refractivity contribution in [2.75, 3.05) is 6.61 Å². The molecule has 0 unspecified atom stereocenters. The molecule has 0 bridgehead atoms. The van der Waals surface area contributed by atoms with Gasteiger partial charge in [-0.2, -0.15) is 0 Å². The lowest BCUT2D eigenvalue weighted by Gasteiger charge is -2.11. The molecule has 2 N–H and O–H groups in total. The van der Waals surface area contributed by atoms with Gasteiger partial charge >= 0.3 is 0 Å². The smallest absolute Gasteiger partial charge is 0.276 e. The molecule has 126 valence electrons. The third-order valence-electron chi connectivity index (χ3n) is 3.44. The number of nitrogens with one attached hydrogen (secondary N) is 2. The number of hydrogen-bond acceptors (Lipinski definition) is 3. The Morgan fingerprint density at radius 1 is 1.00 bits per heavy atom. The summed E-state index contributed by atoms with van der Waals surface area (Å²) in [6.45, 7) is 5.42. The molecule has 0 aliphatic heterocycles. The Morgan fingerprint density at radius 2 is 1.75 bits per heavy atom. The van der Waals surface area contributed by atoms with Crippen molar-refractivity contribution < 1.29 is 14.3 Å². The van der Waals surface area contributed by atoms with Crippen LogP contribution in [-0.4, -0.2) is 18.4 Å². The average Bonchev–Trinajstić information content (AvgIpc) is 2.51. The predicted molar refractivity (Wildman–Crippen MR) is 93.2 cm³/mol. The van der Waals surface area contributed by atoms with E-state index in [9.17, 15) is 9.59 Å². The zero-order valence-electron chi connectivity index (χ0n) is 13.8. The lowest BCUT2D eigenvalue weighted by Crippen LogP contribution is -2.44. The van der Waals surface area contributed by atoms with Gasteiger partial charge in [0.1, 0.15) is 5.75 Å². The van der Waals surface area contributed by atoms with Crippen molar-refractivity contribution in [1.29, 1.82) is 0 Å². The average molecular weight is 347 g/mol. The van der Waals surface area contributed by atoms with Gasteiger partial charge in [0.25, 0.3) is 11.8 Å². The molecule has 0 spiro atoms. The summed E-state index contributed by atoms with van der Waals surface area (Å²) in [5.74, 6) is -0.263. The fourth-order valence-corrected chi connectivity index (χ4v) is 2.44. The number of halogens is 1. The van der Waals surface area contributed by atoms with Gasteiger partial charge in [-0.25, -0.2) is 0 Å². The van der Waals surface area contributed by atoms with Crippen molar-refractivity contribution >= 4 is 23.4 Å². The Labute approximate surface area is 145 Å². The second-order valence-electron chi connectivity index (χ2n) is 5.52. The van der Waals surface area contributed by atoms with Gasteiger partial charge in [-0.3, -0.25) is 20.4 Å². The lowest BCUT2D eigenvalue weighted by atomic mass is 10.1. The minimum atomic E-state index is -0.456. The van der Waals surface area contributed by atoms with E-state index in [4.69, 9.17) is 16.3 Å². The highest BCUT2D eigenvalue weighted by molar-refractivity contribution is 6.30. The van der Waals surface area contributed by atoms with Crippen molar-refractivity contribution in [3.63, 3.8) is 0 Å². The molecule has 6 heteroatoms. The van der Waals surface area contributed by atoms with Crippen LogP contribution in [0.5, 0.6) is 5.75 Å². The van der Waals surface area contributed by atoms with Crippen molar-refractivity contribution in [3.05, 3.63) is 63.7 Å². The first-order valence-corrected chi connectivity index (χ1v) is 7.80. The minimum Gasteiger partial charge on any atom is -0.483 e. The molecule has 0 saturated heterocycles. The third kappa shape index (κ3) is 4.73. The normalized spacial score (nSPS) is 10.2. The highest BCUT2D eigenvalue weighted by atomic mass is 35.5. The van der Waals surface area contributed by atoms with Crippen molar-refractivity contribution in [2.24, 2.45) is 0 Å². The van der Waals surface area contributed by atoms with Crippen LogP contribution in [-0.2, 0) is 4.79 Å². The molecule has 0 aliphatic carbocycles. The predicted octanol–water partition coefficient (Wildman–Crippen LogP) is 3.11. The van der Waals surface area contributed by atoms with Gasteiger partial charge < -0.3 is 4.74 Å². The minimum absolute atomic E-state index is 0.213. The quantitative estimate of drug-likeness (QED) is 0.836. The monoisotopic (exact) mass is 346 g/mol. The Bertz CT molecular complexity index is 775. The first kappa shape index (κ1) is 17.8. The van der Waals surface area contributed by atoms with Crippen LogP contribution in [0.3, 0.4) is 0 Å². The SMILES string of the molecule is Cc1ccc(C(=O)NNC(=O)COc2ccc(Cl)cc2C)c(C)c1. The fraction of sp³-hybridized carbons (Fsp3) is 0.222. The van der Waals surface area contributed by atoms with Crippen LogP contribution in [0.4, 0.5) is 0 Å². The van der Waals surface area contributed by atoms with Gasteiger partial charge in [0, 0.05) is 10.6 Å². The zero-order chi connectivity index (χ0) is 17.7. The molecule has 0 radical (unpaired) electrons. The summed E-state index contributed by atoms with van der Waals surface area (Å²) in [4.78, 5) is 23.9. The highest BCUT2D eigenvalue weighted by Crippen LogP contribution is 2.21. The molecule has 0 fully saturated rings. The second kappa shape index (κ2) is 7.84. The van der Waals surface area contributed by atoms with E-state index < -0.39 is 5.91 Å². The number of carbonyl (C=O) groups excluding carboxylic acids is 2. The molecule has 24 heavy (non-hydrogen) atoms. The summed E-state index contributed by atoms with van der Waals surface area (Å²) in [5, 5.41) is 0.602. The Morgan fingerprint density at radius 3 is 2.42 bits per heavy atom. The fourth-order valence-electron chi connectivity index (χ4n) is 2.22. The Kier molecular flexibility index (Phi) is 5.82. The number of hydrazine groups is 1. The Hall–Kier alpha value is -2.53. The van der Waals surface area contributed by atoms with Crippen LogP contribution in [0.2, 0.25) is 5.02 Å². The van der Waals surface area contributed by atoms with Gasteiger partial charge in [0.05, 0.1) is 0 Å². The van der Waals surface area contributed by atoms with E-state index in [1.54, 1.807) is 24.3 Å². The van der Waals surface area contributed by atoms with E-state index in [2.05, 4.69) is 10.9 Å². The van der Waals surface area contributed by atoms with Crippen LogP contribution in [0.1, 0.15) is 27.0 Å². The standard InChI is InChI=1S/C18H19ClN2O3/c1-11-4-6-15(12(2)8-11)18(23)21-20-17(22)10-24-16-7-5-14(19)9-13(16)3/h4-9H,10H2,1-3H3,(H,20,22)(H,21,23). The molecular weight excluding hydrogens is 328 g/mol. The van der Waals surface area contributed by atoms with Crippen LogP contribution >= 0.6 is 11.6 Å². The van der Waals surface area contributed by atoms with Gasteiger partial charge in [-0.05, 0) is 56.2 Å². The van der Waals surface area contributed by atoms with E-state index in [-0.39, 0.29) is 12.5 Å². The number of carbonyl (C=O) groups is 2. The third-order valence-corrected chi connectivity index (χ3v) is 3.67. The molecule has 2 amide bonds. The molecule has 0 aromatic heterocycles. The highest BCUT2D eigenvalue weighted by Gasteiger charge is 2.11. The van der Waals surface area contributed by atoms with Crippen LogP contribution < -0.4 is 15.6 Å². The Balaban J connectivity index is 1.85. The summed E-state index contributed by atoms with van der Waals surface area (Å²) in [7, 11) is 0. The number of rotatable bonds is 4.